The van der Waals surface area contributed by atoms with Crippen molar-refractivity contribution in [3.8, 4) is 5.75 Å². The lowest BCUT2D eigenvalue weighted by Crippen LogP contribution is -2.31. The van der Waals surface area contributed by atoms with Crippen LogP contribution in [0.2, 0.25) is 0 Å². The zero-order valence-electron chi connectivity index (χ0n) is 16.9. The molecule has 1 unspecified atom stereocenters. The normalized spacial score (nSPS) is 16.7. The minimum Gasteiger partial charge on any atom is -0.494 e. The van der Waals surface area contributed by atoms with Crippen LogP contribution >= 0.6 is 0 Å². The molecule has 2 aromatic carbocycles. The predicted molar refractivity (Wildman–Crippen MR) is 116 cm³/mol. The van der Waals surface area contributed by atoms with Gasteiger partial charge < -0.3 is 19.9 Å². The molecule has 1 aliphatic rings. The highest BCUT2D eigenvalue weighted by molar-refractivity contribution is 6.02. The zero-order chi connectivity index (χ0) is 19.9. The Kier molecular flexibility index (Phi) is 6.71. The summed E-state index contributed by atoms with van der Waals surface area (Å²) in [5.41, 5.74) is 2.96. The molecule has 2 aromatic rings. The Morgan fingerprint density at radius 3 is 2.50 bits per heavy atom. The third kappa shape index (κ3) is 5.36. The molecule has 0 bridgehead atoms. The van der Waals surface area contributed by atoms with Crippen LogP contribution in [-0.4, -0.2) is 50.6 Å². The monoisotopic (exact) mass is 379 g/mol. The second kappa shape index (κ2) is 9.42. The molecule has 5 heteroatoms. The smallest absolute Gasteiger partial charge is 0.248 e. The standard InChI is InChI=1S/C23H29N3O2/c1-4-28-22-12-5-18(6-13-22)7-14-23(27)24-19-8-10-20(11-9-19)26-16-15-21(17-26)25(2)3/h5-14,21H,4,15-17H2,1-3H3,(H,24,27)/b14-7+. The molecular formula is C23H29N3O2. The number of hydrogen-bond acceptors (Lipinski definition) is 4. The number of nitrogens with one attached hydrogen (secondary N) is 1. The highest BCUT2D eigenvalue weighted by atomic mass is 16.5. The number of nitrogens with zero attached hydrogens (tertiary/aromatic N) is 2. The number of carbonyl (C=O) groups is 1. The van der Waals surface area contributed by atoms with Gasteiger partial charge in [-0.3, -0.25) is 4.79 Å². The largest absolute Gasteiger partial charge is 0.494 e. The Labute approximate surface area is 167 Å². The molecule has 1 saturated heterocycles. The van der Waals surface area contributed by atoms with Crippen molar-refractivity contribution in [2.75, 3.05) is 44.0 Å². The maximum absolute atomic E-state index is 12.2. The molecule has 1 amide bonds. The minimum atomic E-state index is -0.143. The lowest BCUT2D eigenvalue weighted by Gasteiger charge is -2.22. The van der Waals surface area contributed by atoms with Gasteiger partial charge in [0.25, 0.3) is 0 Å². The third-order valence-electron chi connectivity index (χ3n) is 5.01. The molecule has 0 aliphatic carbocycles. The van der Waals surface area contributed by atoms with Crippen molar-refractivity contribution in [3.63, 3.8) is 0 Å². The highest BCUT2D eigenvalue weighted by Gasteiger charge is 2.23. The second-order valence-corrected chi connectivity index (χ2v) is 7.22. The summed E-state index contributed by atoms with van der Waals surface area (Å²) in [6.45, 7) is 4.71. The second-order valence-electron chi connectivity index (χ2n) is 7.22. The average Bonchev–Trinajstić information content (AvgIpc) is 3.19. The zero-order valence-corrected chi connectivity index (χ0v) is 16.9. The number of ether oxygens (including phenoxy) is 1. The lowest BCUT2D eigenvalue weighted by molar-refractivity contribution is -0.111. The van der Waals surface area contributed by atoms with Gasteiger partial charge in [-0.15, -0.1) is 0 Å². The van der Waals surface area contributed by atoms with Crippen LogP contribution < -0.4 is 15.0 Å². The fourth-order valence-electron chi connectivity index (χ4n) is 3.35. The number of carbonyl (C=O) groups excluding carboxylic acids is 1. The van der Waals surface area contributed by atoms with Gasteiger partial charge in [-0.05, 0) is 75.5 Å². The summed E-state index contributed by atoms with van der Waals surface area (Å²) in [6, 6.07) is 16.3. The van der Waals surface area contributed by atoms with Crippen molar-refractivity contribution in [1.82, 2.24) is 4.90 Å². The first-order valence-corrected chi connectivity index (χ1v) is 9.78. The highest BCUT2D eigenvalue weighted by Crippen LogP contribution is 2.23. The van der Waals surface area contributed by atoms with E-state index in [1.807, 2.05) is 43.3 Å². The molecule has 3 rings (SSSR count). The maximum atomic E-state index is 12.2. The summed E-state index contributed by atoms with van der Waals surface area (Å²) in [6.07, 6.45) is 4.53. The Morgan fingerprint density at radius 2 is 1.89 bits per heavy atom. The molecule has 0 radical (unpaired) electrons. The van der Waals surface area contributed by atoms with E-state index in [0.29, 0.717) is 12.6 Å². The van der Waals surface area contributed by atoms with E-state index in [4.69, 9.17) is 4.74 Å². The van der Waals surface area contributed by atoms with Gasteiger partial charge in [-0.25, -0.2) is 0 Å². The molecule has 5 nitrogen and oxygen atoms in total. The van der Waals surface area contributed by atoms with E-state index in [1.165, 1.54) is 12.1 Å². The molecule has 1 atom stereocenters. The van der Waals surface area contributed by atoms with Crippen molar-refractivity contribution in [1.29, 1.82) is 0 Å². The average molecular weight is 380 g/mol. The van der Waals surface area contributed by atoms with E-state index in [9.17, 15) is 4.79 Å². The third-order valence-corrected chi connectivity index (χ3v) is 5.01. The number of benzene rings is 2. The summed E-state index contributed by atoms with van der Waals surface area (Å²) in [4.78, 5) is 16.8. The van der Waals surface area contributed by atoms with Gasteiger partial charge in [-0.2, -0.15) is 0 Å². The van der Waals surface area contributed by atoms with Crippen molar-refractivity contribution < 1.29 is 9.53 Å². The number of hydrogen-bond donors (Lipinski definition) is 1. The molecule has 1 N–H and O–H groups in total. The molecule has 0 aromatic heterocycles. The first kappa shape index (κ1) is 20.0. The predicted octanol–water partition coefficient (Wildman–Crippen LogP) is 3.88. The Balaban J connectivity index is 1.53. The van der Waals surface area contributed by atoms with E-state index >= 15 is 0 Å². The Morgan fingerprint density at radius 1 is 1.18 bits per heavy atom. The van der Waals surface area contributed by atoms with Gasteiger partial charge in [0.1, 0.15) is 5.75 Å². The molecule has 1 heterocycles. The molecule has 0 spiro atoms. The first-order chi connectivity index (χ1) is 13.5. The van der Waals surface area contributed by atoms with Gasteiger partial charge in [0, 0.05) is 36.6 Å². The fourth-order valence-corrected chi connectivity index (χ4v) is 3.35. The fraction of sp³-hybridized carbons (Fsp3) is 0.348. The quantitative estimate of drug-likeness (QED) is 0.742. The Hall–Kier alpha value is -2.79. The van der Waals surface area contributed by atoms with Crippen LogP contribution in [-0.2, 0) is 4.79 Å². The van der Waals surface area contributed by atoms with Gasteiger partial charge in [0.15, 0.2) is 0 Å². The van der Waals surface area contributed by atoms with Gasteiger partial charge in [-0.1, -0.05) is 12.1 Å². The van der Waals surface area contributed by atoms with Gasteiger partial charge in [0.2, 0.25) is 5.91 Å². The van der Waals surface area contributed by atoms with Crippen molar-refractivity contribution in [2.45, 2.75) is 19.4 Å². The van der Waals surface area contributed by atoms with Crippen LogP contribution in [0.5, 0.6) is 5.75 Å². The van der Waals surface area contributed by atoms with Crippen LogP contribution in [0.4, 0.5) is 11.4 Å². The topological polar surface area (TPSA) is 44.8 Å². The van der Waals surface area contributed by atoms with Crippen LogP contribution in [0, 0.1) is 0 Å². The summed E-state index contributed by atoms with van der Waals surface area (Å²) >= 11 is 0. The summed E-state index contributed by atoms with van der Waals surface area (Å²) in [5, 5.41) is 2.91. The SMILES string of the molecule is CCOc1ccc(/C=C/C(=O)Nc2ccc(N3CCC(N(C)C)C3)cc2)cc1. The number of rotatable bonds is 7. The Bertz CT molecular complexity index is 798. The lowest BCUT2D eigenvalue weighted by atomic mass is 10.2. The molecule has 148 valence electrons. The van der Waals surface area contributed by atoms with Crippen molar-refractivity contribution >= 4 is 23.4 Å². The summed E-state index contributed by atoms with van der Waals surface area (Å²) in [7, 11) is 4.27. The number of anilines is 2. The summed E-state index contributed by atoms with van der Waals surface area (Å²) < 4.78 is 5.42. The molecule has 0 saturated carbocycles. The van der Waals surface area contributed by atoms with Crippen LogP contribution in [0.3, 0.4) is 0 Å². The summed E-state index contributed by atoms with van der Waals surface area (Å²) in [5.74, 6) is 0.689. The molecular weight excluding hydrogens is 350 g/mol. The van der Waals surface area contributed by atoms with Crippen molar-refractivity contribution in [2.24, 2.45) is 0 Å². The van der Waals surface area contributed by atoms with Gasteiger partial charge in [0.05, 0.1) is 6.61 Å². The van der Waals surface area contributed by atoms with Crippen LogP contribution in [0.25, 0.3) is 6.08 Å². The molecule has 28 heavy (non-hydrogen) atoms. The van der Waals surface area contributed by atoms with E-state index in [0.717, 1.165) is 30.1 Å². The number of likely N-dealkylation sites (N-methyl/N-ethyl adjacent to an activating group) is 1. The van der Waals surface area contributed by atoms with E-state index in [2.05, 4.69) is 41.3 Å². The van der Waals surface area contributed by atoms with Crippen LogP contribution in [0.15, 0.2) is 54.6 Å². The van der Waals surface area contributed by atoms with E-state index in [1.54, 1.807) is 12.2 Å². The van der Waals surface area contributed by atoms with E-state index in [-0.39, 0.29) is 5.91 Å². The van der Waals surface area contributed by atoms with E-state index < -0.39 is 0 Å². The molecule has 1 fully saturated rings. The maximum Gasteiger partial charge on any atom is 0.248 e. The van der Waals surface area contributed by atoms with Gasteiger partial charge >= 0.3 is 0 Å². The first-order valence-electron chi connectivity index (χ1n) is 9.78. The minimum absolute atomic E-state index is 0.143. The van der Waals surface area contributed by atoms with Crippen LogP contribution in [0.1, 0.15) is 18.9 Å². The number of amides is 1. The molecule has 1 aliphatic heterocycles. The van der Waals surface area contributed by atoms with Crippen molar-refractivity contribution in [3.05, 3.63) is 60.2 Å².